The molecule has 0 radical (unpaired) electrons. The monoisotopic (exact) mass is 232 g/mol. The van der Waals surface area contributed by atoms with E-state index in [2.05, 4.69) is 0 Å². The molecule has 0 atom stereocenters. The van der Waals surface area contributed by atoms with Crippen LogP contribution in [-0.2, 0) is 11.3 Å². The van der Waals surface area contributed by atoms with Crippen LogP contribution >= 0.6 is 0 Å². The number of nitrogens with zero attached hydrogens (tertiary/aromatic N) is 1. The quantitative estimate of drug-likeness (QED) is 0.830. The second-order valence-electron chi connectivity index (χ2n) is 3.80. The maximum Gasteiger partial charge on any atom is 0.335 e. The molecule has 2 aromatic rings. The van der Waals surface area contributed by atoms with Crippen molar-refractivity contribution in [1.82, 2.24) is 4.57 Å². The first-order valence-electron chi connectivity index (χ1n) is 5.18. The van der Waals surface area contributed by atoms with Crippen LogP contribution in [0, 0.1) is 0 Å². The van der Waals surface area contributed by atoms with Crippen molar-refractivity contribution in [2.75, 3.05) is 0 Å². The van der Waals surface area contributed by atoms with Gasteiger partial charge in [-0.25, -0.2) is 4.79 Å². The van der Waals surface area contributed by atoms with Crippen LogP contribution in [0.3, 0.4) is 0 Å². The Morgan fingerprint density at radius 1 is 1.29 bits per heavy atom. The molecule has 0 aliphatic heterocycles. The lowest BCUT2D eigenvalue weighted by Gasteiger charge is -2.03. The molecule has 0 unspecified atom stereocenters. The van der Waals surface area contributed by atoms with Crippen molar-refractivity contribution in [2.24, 2.45) is 5.73 Å². The summed E-state index contributed by atoms with van der Waals surface area (Å²) >= 11 is 0. The first-order valence-corrected chi connectivity index (χ1v) is 5.18. The molecule has 1 aromatic carbocycles. The van der Waals surface area contributed by atoms with E-state index >= 15 is 0 Å². The highest BCUT2D eigenvalue weighted by Gasteiger charge is 2.06. The van der Waals surface area contributed by atoms with Crippen LogP contribution in [0.1, 0.15) is 16.8 Å². The van der Waals surface area contributed by atoms with E-state index in [1.807, 2.05) is 16.8 Å². The lowest BCUT2D eigenvalue weighted by Crippen LogP contribution is -2.13. The van der Waals surface area contributed by atoms with Crippen molar-refractivity contribution in [1.29, 1.82) is 0 Å². The zero-order chi connectivity index (χ0) is 12.4. The molecule has 0 spiro atoms. The molecule has 0 aliphatic rings. The lowest BCUT2D eigenvalue weighted by atomic mass is 10.1. The largest absolute Gasteiger partial charge is 0.478 e. The number of primary amides is 1. The number of nitrogens with two attached hydrogens (primary N) is 1. The van der Waals surface area contributed by atoms with Crippen molar-refractivity contribution in [2.45, 2.75) is 13.0 Å². The number of aryl methyl sites for hydroxylation is 1. The Labute approximate surface area is 97.4 Å². The number of amides is 1. The Bertz CT molecular complexity index is 586. The molecule has 88 valence electrons. The second-order valence-corrected chi connectivity index (χ2v) is 3.80. The molecule has 17 heavy (non-hydrogen) atoms. The van der Waals surface area contributed by atoms with E-state index in [1.165, 1.54) is 0 Å². The molecule has 0 saturated carbocycles. The van der Waals surface area contributed by atoms with Gasteiger partial charge in [0, 0.05) is 30.1 Å². The van der Waals surface area contributed by atoms with Crippen LogP contribution in [0.5, 0.6) is 0 Å². The van der Waals surface area contributed by atoms with Gasteiger partial charge in [0.15, 0.2) is 0 Å². The first kappa shape index (κ1) is 11.2. The van der Waals surface area contributed by atoms with E-state index in [-0.39, 0.29) is 17.9 Å². The highest BCUT2D eigenvalue weighted by atomic mass is 16.4. The smallest absolute Gasteiger partial charge is 0.335 e. The number of aromatic carboxylic acids is 1. The fourth-order valence-electron chi connectivity index (χ4n) is 1.76. The van der Waals surface area contributed by atoms with E-state index in [0.29, 0.717) is 6.54 Å². The van der Waals surface area contributed by atoms with Gasteiger partial charge in [-0.15, -0.1) is 0 Å². The number of hydrogen-bond acceptors (Lipinski definition) is 2. The fraction of sp³-hybridized carbons (Fsp3) is 0.167. The second kappa shape index (κ2) is 4.29. The summed E-state index contributed by atoms with van der Waals surface area (Å²) in [6.45, 7) is 0.505. The van der Waals surface area contributed by atoms with Crippen molar-refractivity contribution in [3.05, 3.63) is 36.0 Å². The van der Waals surface area contributed by atoms with Gasteiger partial charge in [0.05, 0.1) is 5.56 Å². The molecular formula is C12H12N2O3. The number of carbonyl (C=O) groups excluding carboxylic acids is 1. The van der Waals surface area contributed by atoms with Crippen LogP contribution in [0.2, 0.25) is 0 Å². The van der Waals surface area contributed by atoms with Gasteiger partial charge in [-0.3, -0.25) is 4.79 Å². The van der Waals surface area contributed by atoms with Crippen molar-refractivity contribution >= 4 is 22.8 Å². The number of hydrogen-bond donors (Lipinski definition) is 2. The summed E-state index contributed by atoms with van der Waals surface area (Å²) in [5.41, 5.74) is 6.24. The maximum atomic E-state index is 10.8. The van der Waals surface area contributed by atoms with Gasteiger partial charge in [-0.05, 0) is 24.3 Å². The normalized spacial score (nSPS) is 10.6. The predicted molar refractivity (Wildman–Crippen MR) is 62.7 cm³/mol. The fourth-order valence-corrected chi connectivity index (χ4v) is 1.76. The van der Waals surface area contributed by atoms with Crippen LogP contribution in [0.15, 0.2) is 30.5 Å². The average Bonchev–Trinajstić information content (AvgIpc) is 2.68. The molecule has 1 aromatic heterocycles. The Morgan fingerprint density at radius 3 is 2.71 bits per heavy atom. The Balaban J connectivity index is 2.34. The molecule has 1 heterocycles. The molecule has 5 heteroatoms. The first-order chi connectivity index (χ1) is 8.08. The summed E-state index contributed by atoms with van der Waals surface area (Å²) in [4.78, 5) is 21.5. The van der Waals surface area contributed by atoms with Gasteiger partial charge in [0.2, 0.25) is 5.91 Å². The van der Waals surface area contributed by atoms with Crippen LogP contribution < -0.4 is 5.73 Å². The average molecular weight is 232 g/mol. The number of fused-ring (bicyclic) bond motifs is 1. The topological polar surface area (TPSA) is 85.3 Å². The lowest BCUT2D eigenvalue weighted by molar-refractivity contribution is -0.118. The zero-order valence-electron chi connectivity index (χ0n) is 9.09. The predicted octanol–water partition coefficient (Wildman–Crippen LogP) is 1.21. The minimum Gasteiger partial charge on any atom is -0.478 e. The van der Waals surface area contributed by atoms with Crippen molar-refractivity contribution < 1.29 is 14.7 Å². The number of carboxylic acids is 1. The standard InChI is InChI=1S/C12H12N2O3/c13-11(15)4-6-14-5-3-8-7-9(12(16)17)1-2-10(8)14/h1-3,5,7H,4,6H2,(H2,13,15)(H,16,17). The SMILES string of the molecule is NC(=O)CCn1ccc2cc(C(=O)O)ccc21. The maximum absolute atomic E-state index is 10.8. The van der Waals surface area contributed by atoms with Gasteiger partial charge in [0.25, 0.3) is 0 Å². The molecule has 0 bridgehead atoms. The molecule has 0 saturated heterocycles. The van der Waals surface area contributed by atoms with Crippen LogP contribution in [0.4, 0.5) is 0 Å². The molecule has 0 aliphatic carbocycles. The van der Waals surface area contributed by atoms with E-state index in [1.54, 1.807) is 18.2 Å². The van der Waals surface area contributed by atoms with Crippen LogP contribution in [0.25, 0.3) is 10.9 Å². The number of benzene rings is 1. The highest BCUT2D eigenvalue weighted by Crippen LogP contribution is 2.18. The third-order valence-corrected chi connectivity index (χ3v) is 2.62. The number of carboxylic acid groups (broad SMARTS) is 1. The third kappa shape index (κ3) is 2.28. The third-order valence-electron chi connectivity index (χ3n) is 2.62. The van der Waals surface area contributed by atoms with Gasteiger partial charge in [-0.2, -0.15) is 0 Å². The summed E-state index contributed by atoms with van der Waals surface area (Å²) in [6.07, 6.45) is 2.09. The molecule has 0 fully saturated rings. The van der Waals surface area contributed by atoms with E-state index in [4.69, 9.17) is 10.8 Å². The summed E-state index contributed by atoms with van der Waals surface area (Å²) in [5, 5.41) is 9.70. The zero-order valence-corrected chi connectivity index (χ0v) is 9.09. The molecule has 3 N–H and O–H groups in total. The van der Waals surface area contributed by atoms with Gasteiger partial charge in [-0.1, -0.05) is 0 Å². The minimum absolute atomic E-state index is 0.255. The molecular weight excluding hydrogens is 220 g/mol. The summed E-state index contributed by atoms with van der Waals surface area (Å²) in [7, 11) is 0. The van der Waals surface area contributed by atoms with E-state index in [0.717, 1.165) is 10.9 Å². The molecule has 2 rings (SSSR count). The Hall–Kier alpha value is -2.30. The number of rotatable bonds is 4. The van der Waals surface area contributed by atoms with Crippen molar-refractivity contribution in [3.63, 3.8) is 0 Å². The Kier molecular flexibility index (Phi) is 2.82. The van der Waals surface area contributed by atoms with Crippen LogP contribution in [-0.4, -0.2) is 21.6 Å². The summed E-state index contributed by atoms with van der Waals surface area (Å²) in [5.74, 6) is -1.30. The molecule has 5 nitrogen and oxygen atoms in total. The summed E-state index contributed by atoms with van der Waals surface area (Å²) in [6, 6.07) is 6.71. The van der Waals surface area contributed by atoms with E-state index < -0.39 is 5.97 Å². The minimum atomic E-state index is -0.947. The van der Waals surface area contributed by atoms with Gasteiger partial charge >= 0.3 is 5.97 Å². The van der Waals surface area contributed by atoms with Gasteiger partial charge in [0.1, 0.15) is 0 Å². The van der Waals surface area contributed by atoms with E-state index in [9.17, 15) is 9.59 Å². The number of aromatic nitrogens is 1. The van der Waals surface area contributed by atoms with Gasteiger partial charge < -0.3 is 15.4 Å². The van der Waals surface area contributed by atoms with Crippen molar-refractivity contribution in [3.8, 4) is 0 Å². The number of carbonyl (C=O) groups is 2. The Morgan fingerprint density at radius 2 is 2.06 bits per heavy atom. The summed E-state index contributed by atoms with van der Waals surface area (Å²) < 4.78 is 1.88. The highest BCUT2D eigenvalue weighted by molar-refractivity contribution is 5.93. The molecule has 1 amide bonds.